The second-order valence-electron chi connectivity index (χ2n) is 8.55. The molecule has 172 valence electrons. The Bertz CT molecular complexity index is 1340. The molecule has 0 aliphatic carbocycles. The minimum atomic E-state index is -1.46. The van der Waals surface area contributed by atoms with Gasteiger partial charge in [0.25, 0.3) is 0 Å². The van der Waals surface area contributed by atoms with Crippen molar-refractivity contribution in [3.05, 3.63) is 82.1 Å². The van der Waals surface area contributed by atoms with Crippen LogP contribution < -0.4 is 4.72 Å². The molecule has 0 fully saturated rings. The molecule has 0 amide bonds. The Hall–Kier alpha value is -2.49. The summed E-state index contributed by atoms with van der Waals surface area (Å²) in [4.78, 5) is 4.28. The Morgan fingerprint density at radius 2 is 1.82 bits per heavy atom. The normalized spacial score (nSPS) is 13.9. The Kier molecular flexibility index (Phi) is 6.74. The molecular formula is C24H22BrF2N3O2S. The van der Waals surface area contributed by atoms with Crippen molar-refractivity contribution in [2.45, 2.75) is 38.0 Å². The zero-order valence-electron chi connectivity index (χ0n) is 18.2. The lowest BCUT2D eigenvalue weighted by molar-refractivity contribution is 0.443. The van der Waals surface area contributed by atoms with E-state index in [2.05, 4.69) is 30.8 Å². The molecule has 2 aromatic carbocycles. The molecule has 1 N–H and O–H groups in total. The van der Waals surface area contributed by atoms with E-state index in [-0.39, 0.29) is 17.7 Å². The van der Waals surface area contributed by atoms with E-state index in [0.29, 0.717) is 21.2 Å². The third-order valence-corrected chi connectivity index (χ3v) is 7.18. The van der Waals surface area contributed by atoms with Gasteiger partial charge in [0.1, 0.15) is 16.1 Å². The van der Waals surface area contributed by atoms with Crippen molar-refractivity contribution in [2.24, 2.45) is 0 Å². The fourth-order valence-electron chi connectivity index (χ4n) is 3.45. The van der Waals surface area contributed by atoms with Crippen LogP contribution in [0.15, 0.2) is 63.7 Å². The lowest BCUT2D eigenvalue weighted by Gasteiger charge is -2.26. The highest BCUT2D eigenvalue weighted by atomic mass is 79.9. The van der Waals surface area contributed by atoms with Crippen molar-refractivity contribution < 1.29 is 17.5 Å². The van der Waals surface area contributed by atoms with Crippen LogP contribution in [-0.4, -0.2) is 19.1 Å². The minimum absolute atomic E-state index is 0.0600. The summed E-state index contributed by atoms with van der Waals surface area (Å²) in [7, 11) is -1.46. The predicted octanol–water partition coefficient (Wildman–Crippen LogP) is 6.27. The summed E-state index contributed by atoms with van der Waals surface area (Å²) in [5, 5.41) is 4.64. The molecule has 2 atom stereocenters. The van der Waals surface area contributed by atoms with Crippen LogP contribution in [0, 0.1) is 11.6 Å². The van der Waals surface area contributed by atoms with Crippen molar-refractivity contribution in [1.29, 1.82) is 0 Å². The van der Waals surface area contributed by atoms with Crippen LogP contribution in [0.1, 0.15) is 38.1 Å². The highest BCUT2D eigenvalue weighted by molar-refractivity contribution is 9.10. The summed E-state index contributed by atoms with van der Waals surface area (Å²) in [6, 6.07) is 14.3. The van der Waals surface area contributed by atoms with Gasteiger partial charge in [0.05, 0.1) is 32.9 Å². The highest BCUT2D eigenvalue weighted by Gasteiger charge is 2.28. The maximum absolute atomic E-state index is 14.6. The van der Waals surface area contributed by atoms with Crippen LogP contribution in [0.5, 0.6) is 0 Å². The first kappa shape index (κ1) is 23.7. The largest absolute Gasteiger partial charge is 0.352 e. The molecule has 4 aromatic rings. The SMILES string of the molecule is CC(C)(C)[S@](=O)N[C@@H](Cc1nc(Br)ccc1F)c1ccccc1-c1noc2c(F)cccc12. The lowest BCUT2D eigenvalue weighted by Crippen LogP contribution is -2.37. The van der Waals surface area contributed by atoms with Gasteiger partial charge in [0.15, 0.2) is 5.82 Å². The summed E-state index contributed by atoms with van der Waals surface area (Å²) >= 11 is 3.29. The number of rotatable bonds is 6. The first-order chi connectivity index (χ1) is 15.6. The number of nitrogens with one attached hydrogen (secondary N) is 1. The number of benzene rings is 2. The van der Waals surface area contributed by atoms with E-state index in [1.54, 1.807) is 12.1 Å². The number of halogens is 3. The summed E-state index contributed by atoms with van der Waals surface area (Å²) < 4.78 is 50.2. The zero-order chi connectivity index (χ0) is 23.8. The van der Waals surface area contributed by atoms with Gasteiger partial charge in [-0.1, -0.05) is 35.5 Å². The number of nitrogens with zero attached hydrogens (tertiary/aromatic N) is 2. The molecule has 0 aliphatic heterocycles. The number of para-hydroxylation sites is 1. The summed E-state index contributed by atoms with van der Waals surface area (Å²) in [6.07, 6.45) is 0.133. The Balaban J connectivity index is 1.84. The van der Waals surface area contributed by atoms with Crippen LogP contribution >= 0.6 is 15.9 Å². The second kappa shape index (κ2) is 9.40. The maximum Gasteiger partial charge on any atom is 0.203 e. The molecule has 4 rings (SSSR count). The average molecular weight is 534 g/mol. The van der Waals surface area contributed by atoms with Crippen molar-refractivity contribution in [2.75, 3.05) is 0 Å². The van der Waals surface area contributed by atoms with Gasteiger partial charge in [-0.05, 0) is 66.5 Å². The first-order valence-corrected chi connectivity index (χ1v) is 12.2. The lowest BCUT2D eigenvalue weighted by atomic mass is 9.94. The molecule has 0 saturated heterocycles. The quantitative estimate of drug-likeness (QED) is 0.297. The van der Waals surface area contributed by atoms with Gasteiger partial charge in [-0.3, -0.25) is 0 Å². The molecule has 5 nitrogen and oxygen atoms in total. The van der Waals surface area contributed by atoms with Crippen LogP contribution in [0.25, 0.3) is 22.2 Å². The van der Waals surface area contributed by atoms with Gasteiger partial charge in [0, 0.05) is 12.0 Å². The van der Waals surface area contributed by atoms with Crippen molar-refractivity contribution in [1.82, 2.24) is 14.9 Å². The molecule has 33 heavy (non-hydrogen) atoms. The van der Waals surface area contributed by atoms with Gasteiger partial charge in [0.2, 0.25) is 5.58 Å². The van der Waals surface area contributed by atoms with E-state index in [1.165, 1.54) is 18.2 Å². The van der Waals surface area contributed by atoms with Crippen LogP contribution in [0.4, 0.5) is 8.78 Å². The summed E-state index contributed by atoms with van der Waals surface area (Å²) in [6.45, 7) is 5.56. The predicted molar refractivity (Wildman–Crippen MR) is 129 cm³/mol. The molecule has 0 unspecified atom stereocenters. The average Bonchev–Trinajstić information content (AvgIpc) is 3.20. The van der Waals surface area contributed by atoms with E-state index in [1.807, 2.05) is 45.0 Å². The smallest absolute Gasteiger partial charge is 0.203 e. The molecule has 2 heterocycles. The van der Waals surface area contributed by atoms with E-state index in [4.69, 9.17) is 4.52 Å². The monoisotopic (exact) mass is 533 g/mol. The summed E-state index contributed by atoms with van der Waals surface area (Å²) in [5.41, 5.74) is 2.12. The fraction of sp³-hybridized carbons (Fsp3) is 0.250. The van der Waals surface area contributed by atoms with Crippen LogP contribution in [0.3, 0.4) is 0 Å². The standard InChI is InChI=1S/C24H22BrF2N3O2S/c1-24(2,3)33(31)30-19(13-20-17(26)11-12-21(25)28-20)14-7-4-5-8-15(14)22-16-9-6-10-18(27)23(16)32-29-22/h4-12,19,30H,13H2,1-3H3/t19-,33-/m0/s1. The molecular weight excluding hydrogens is 512 g/mol. The maximum atomic E-state index is 14.6. The third kappa shape index (κ3) is 5.05. The molecule has 9 heteroatoms. The van der Waals surface area contributed by atoms with Gasteiger partial charge >= 0.3 is 0 Å². The Morgan fingerprint density at radius 3 is 2.58 bits per heavy atom. The zero-order valence-corrected chi connectivity index (χ0v) is 20.6. The number of pyridine rings is 1. The van der Waals surface area contributed by atoms with Gasteiger partial charge in [-0.2, -0.15) is 0 Å². The second-order valence-corrected chi connectivity index (χ2v) is 11.4. The topological polar surface area (TPSA) is 68.0 Å². The van der Waals surface area contributed by atoms with Crippen LogP contribution in [-0.2, 0) is 17.4 Å². The Morgan fingerprint density at radius 1 is 1.06 bits per heavy atom. The Labute approximate surface area is 201 Å². The fourth-order valence-corrected chi connectivity index (χ4v) is 4.62. The number of aromatic nitrogens is 2. The number of hydrogen-bond donors (Lipinski definition) is 1. The van der Waals surface area contributed by atoms with E-state index >= 15 is 0 Å². The highest BCUT2D eigenvalue weighted by Crippen LogP contribution is 2.35. The van der Waals surface area contributed by atoms with Gasteiger partial charge in [-0.15, -0.1) is 0 Å². The van der Waals surface area contributed by atoms with Crippen LogP contribution in [0.2, 0.25) is 0 Å². The van der Waals surface area contributed by atoms with Crippen molar-refractivity contribution in [3.63, 3.8) is 0 Å². The molecule has 2 aromatic heterocycles. The number of fused-ring (bicyclic) bond motifs is 1. The van der Waals surface area contributed by atoms with E-state index < -0.39 is 33.4 Å². The van der Waals surface area contributed by atoms with E-state index in [0.717, 1.165) is 5.56 Å². The van der Waals surface area contributed by atoms with Gasteiger partial charge < -0.3 is 4.52 Å². The van der Waals surface area contributed by atoms with Crippen molar-refractivity contribution in [3.8, 4) is 11.3 Å². The first-order valence-electron chi connectivity index (χ1n) is 10.3. The minimum Gasteiger partial charge on any atom is -0.352 e. The molecule has 0 aliphatic rings. The molecule has 0 spiro atoms. The van der Waals surface area contributed by atoms with Crippen molar-refractivity contribution >= 4 is 37.9 Å². The van der Waals surface area contributed by atoms with E-state index in [9.17, 15) is 13.0 Å². The molecule has 0 saturated carbocycles. The molecule has 0 bridgehead atoms. The van der Waals surface area contributed by atoms with Gasteiger partial charge in [-0.25, -0.2) is 22.7 Å². The molecule has 0 radical (unpaired) electrons. The summed E-state index contributed by atoms with van der Waals surface area (Å²) in [5.74, 6) is -0.967. The third-order valence-electron chi connectivity index (χ3n) is 5.13. The number of hydrogen-bond acceptors (Lipinski definition) is 4.